The molecule has 0 saturated carbocycles. The van der Waals surface area contributed by atoms with Gasteiger partial charge in [-0.1, -0.05) is 38.1 Å². The molecule has 0 amide bonds. The van der Waals surface area contributed by atoms with Crippen LogP contribution >= 0.6 is 0 Å². The van der Waals surface area contributed by atoms with Gasteiger partial charge in [0.25, 0.3) is 0 Å². The summed E-state index contributed by atoms with van der Waals surface area (Å²) >= 11 is 0. The molecule has 0 radical (unpaired) electrons. The number of hydrogen-bond donors (Lipinski definition) is 0. The molecule has 0 aliphatic carbocycles. The molecule has 0 bridgehead atoms. The summed E-state index contributed by atoms with van der Waals surface area (Å²) in [5.41, 5.74) is 3.21. The second-order valence-corrected chi connectivity index (χ2v) is 4.14. The topological polar surface area (TPSA) is 49.6 Å². The van der Waals surface area contributed by atoms with Crippen molar-refractivity contribution in [3.63, 3.8) is 0 Å². The van der Waals surface area contributed by atoms with Gasteiger partial charge in [-0.25, -0.2) is 4.98 Å². The molecule has 0 spiro atoms. The van der Waals surface area contributed by atoms with E-state index in [4.69, 9.17) is 5.26 Å². The van der Waals surface area contributed by atoms with Gasteiger partial charge >= 0.3 is 0 Å². The maximum atomic E-state index is 8.97. The Labute approximate surface area is 101 Å². The van der Waals surface area contributed by atoms with Gasteiger partial charge in [0.2, 0.25) is 0 Å². The van der Waals surface area contributed by atoms with E-state index in [2.05, 4.69) is 42.0 Å². The van der Waals surface area contributed by atoms with Crippen molar-refractivity contribution in [3.05, 3.63) is 47.9 Å². The van der Waals surface area contributed by atoms with E-state index in [9.17, 15) is 0 Å². The third-order valence-corrected chi connectivity index (χ3v) is 2.65. The van der Waals surface area contributed by atoms with E-state index in [1.165, 1.54) is 11.8 Å². The minimum Gasteiger partial charge on any atom is -0.252 e. The molecule has 2 aromatic rings. The van der Waals surface area contributed by atoms with Crippen molar-refractivity contribution in [2.45, 2.75) is 19.8 Å². The van der Waals surface area contributed by atoms with Gasteiger partial charge in [-0.3, -0.25) is 4.98 Å². The summed E-state index contributed by atoms with van der Waals surface area (Å²) in [6, 6.07) is 10.2. The molecule has 0 aliphatic heterocycles. The van der Waals surface area contributed by atoms with Crippen molar-refractivity contribution in [2.75, 3.05) is 0 Å². The molecule has 0 N–H and O–H groups in total. The Hall–Kier alpha value is -2.21. The lowest BCUT2D eigenvalue weighted by atomic mass is 10.0. The highest BCUT2D eigenvalue weighted by atomic mass is 14.8. The van der Waals surface area contributed by atoms with Crippen LogP contribution in [0.15, 0.2) is 36.7 Å². The first kappa shape index (κ1) is 11.3. The largest absolute Gasteiger partial charge is 0.252 e. The van der Waals surface area contributed by atoms with E-state index < -0.39 is 0 Å². The Balaban J connectivity index is 2.44. The number of nitriles is 1. The van der Waals surface area contributed by atoms with E-state index in [1.807, 2.05) is 12.1 Å². The number of rotatable bonds is 2. The molecule has 0 fully saturated rings. The van der Waals surface area contributed by atoms with Crippen LogP contribution in [0.25, 0.3) is 11.3 Å². The molecule has 0 unspecified atom stereocenters. The molecule has 2 rings (SSSR count). The van der Waals surface area contributed by atoms with Gasteiger partial charge in [-0.15, -0.1) is 0 Å². The molecule has 0 atom stereocenters. The van der Waals surface area contributed by atoms with Crippen molar-refractivity contribution in [3.8, 4) is 17.3 Å². The Morgan fingerprint density at radius 3 is 2.29 bits per heavy atom. The molecule has 1 heterocycles. The summed E-state index contributed by atoms with van der Waals surface area (Å²) in [7, 11) is 0. The Morgan fingerprint density at radius 1 is 1.06 bits per heavy atom. The summed E-state index contributed by atoms with van der Waals surface area (Å²) in [5.74, 6) is 0.501. The first-order valence-corrected chi connectivity index (χ1v) is 5.54. The normalized spacial score (nSPS) is 10.2. The van der Waals surface area contributed by atoms with Crippen molar-refractivity contribution >= 4 is 0 Å². The van der Waals surface area contributed by atoms with Crippen molar-refractivity contribution < 1.29 is 0 Å². The van der Waals surface area contributed by atoms with Crippen LogP contribution in [0.5, 0.6) is 0 Å². The van der Waals surface area contributed by atoms with Crippen LogP contribution in [0.2, 0.25) is 0 Å². The van der Waals surface area contributed by atoms with E-state index >= 15 is 0 Å². The number of nitrogens with zero attached hydrogens (tertiary/aromatic N) is 3. The van der Waals surface area contributed by atoms with Crippen molar-refractivity contribution in [1.29, 1.82) is 5.26 Å². The number of benzene rings is 1. The quantitative estimate of drug-likeness (QED) is 0.785. The maximum absolute atomic E-state index is 8.97. The third-order valence-electron chi connectivity index (χ3n) is 2.65. The SMILES string of the molecule is CC(C)c1ccc(-c2nccnc2C#N)cc1. The molecular weight excluding hydrogens is 210 g/mol. The minimum absolute atomic E-state index is 0.366. The summed E-state index contributed by atoms with van der Waals surface area (Å²) in [4.78, 5) is 8.22. The van der Waals surface area contributed by atoms with Gasteiger partial charge in [0.15, 0.2) is 5.69 Å². The highest BCUT2D eigenvalue weighted by molar-refractivity contribution is 5.64. The monoisotopic (exact) mass is 223 g/mol. The lowest BCUT2D eigenvalue weighted by Gasteiger charge is -2.06. The fourth-order valence-corrected chi connectivity index (χ4v) is 1.66. The fourth-order valence-electron chi connectivity index (χ4n) is 1.66. The molecule has 3 heteroatoms. The van der Waals surface area contributed by atoms with E-state index in [-0.39, 0.29) is 0 Å². The van der Waals surface area contributed by atoms with Gasteiger partial charge in [-0.05, 0) is 11.5 Å². The molecule has 3 nitrogen and oxygen atoms in total. The van der Waals surface area contributed by atoms with Crippen LogP contribution in [0.1, 0.15) is 31.0 Å². The van der Waals surface area contributed by atoms with E-state index in [0.717, 1.165) is 5.56 Å². The predicted molar refractivity (Wildman–Crippen MR) is 66.3 cm³/mol. The lowest BCUT2D eigenvalue weighted by molar-refractivity contribution is 0.867. The molecule has 0 aliphatic rings. The smallest absolute Gasteiger partial charge is 0.166 e. The summed E-state index contributed by atoms with van der Waals surface area (Å²) < 4.78 is 0. The van der Waals surface area contributed by atoms with Crippen LogP contribution in [-0.2, 0) is 0 Å². The molecule has 1 aromatic heterocycles. The van der Waals surface area contributed by atoms with Crippen LogP contribution in [0.4, 0.5) is 0 Å². The Morgan fingerprint density at radius 2 is 1.71 bits per heavy atom. The second-order valence-electron chi connectivity index (χ2n) is 4.14. The fraction of sp³-hybridized carbons (Fsp3) is 0.214. The van der Waals surface area contributed by atoms with Crippen LogP contribution < -0.4 is 0 Å². The summed E-state index contributed by atoms with van der Waals surface area (Å²) in [5, 5.41) is 8.97. The first-order valence-electron chi connectivity index (χ1n) is 5.54. The van der Waals surface area contributed by atoms with Crippen molar-refractivity contribution in [1.82, 2.24) is 9.97 Å². The Bertz CT molecular complexity index is 550. The Kier molecular flexibility index (Phi) is 3.15. The zero-order chi connectivity index (χ0) is 12.3. The molecule has 0 saturated heterocycles. The predicted octanol–water partition coefficient (Wildman–Crippen LogP) is 3.14. The lowest BCUT2D eigenvalue weighted by Crippen LogP contribution is -1.93. The molecule has 17 heavy (non-hydrogen) atoms. The van der Waals surface area contributed by atoms with E-state index in [1.54, 1.807) is 6.20 Å². The zero-order valence-electron chi connectivity index (χ0n) is 9.88. The summed E-state index contributed by atoms with van der Waals surface area (Å²) in [6.07, 6.45) is 3.14. The number of hydrogen-bond acceptors (Lipinski definition) is 3. The molecule has 84 valence electrons. The molecular formula is C14H13N3. The average molecular weight is 223 g/mol. The van der Waals surface area contributed by atoms with Crippen LogP contribution in [0, 0.1) is 11.3 Å². The second kappa shape index (κ2) is 4.75. The average Bonchev–Trinajstić information content (AvgIpc) is 2.39. The molecule has 1 aromatic carbocycles. The van der Waals surface area contributed by atoms with Crippen LogP contribution in [-0.4, -0.2) is 9.97 Å². The summed E-state index contributed by atoms with van der Waals surface area (Å²) in [6.45, 7) is 4.30. The van der Waals surface area contributed by atoms with Gasteiger partial charge < -0.3 is 0 Å². The minimum atomic E-state index is 0.366. The van der Waals surface area contributed by atoms with Crippen LogP contribution in [0.3, 0.4) is 0 Å². The highest BCUT2D eigenvalue weighted by Gasteiger charge is 2.07. The van der Waals surface area contributed by atoms with E-state index in [0.29, 0.717) is 17.3 Å². The van der Waals surface area contributed by atoms with Crippen molar-refractivity contribution in [2.24, 2.45) is 0 Å². The highest BCUT2D eigenvalue weighted by Crippen LogP contribution is 2.22. The standard InChI is InChI=1S/C14H13N3/c1-10(2)11-3-5-12(6-4-11)14-13(9-15)16-7-8-17-14/h3-8,10H,1-2H3. The van der Waals surface area contributed by atoms with Gasteiger partial charge in [0.1, 0.15) is 11.8 Å². The zero-order valence-corrected chi connectivity index (χ0v) is 9.88. The maximum Gasteiger partial charge on any atom is 0.166 e. The van der Waals surface area contributed by atoms with Gasteiger partial charge in [0.05, 0.1) is 0 Å². The number of aromatic nitrogens is 2. The third kappa shape index (κ3) is 2.31. The van der Waals surface area contributed by atoms with Gasteiger partial charge in [0, 0.05) is 18.0 Å². The van der Waals surface area contributed by atoms with Gasteiger partial charge in [-0.2, -0.15) is 5.26 Å². The first-order chi connectivity index (χ1) is 8.22.